The topological polar surface area (TPSA) is 39.1 Å². The molecular weight excluding hydrogens is 269 g/mol. The van der Waals surface area contributed by atoms with Gasteiger partial charge >= 0.3 is 0 Å². The second-order valence-electron chi connectivity index (χ2n) is 6.11. The van der Waals surface area contributed by atoms with E-state index < -0.39 is 5.67 Å². The highest BCUT2D eigenvalue weighted by molar-refractivity contribution is 5.81. The molecule has 3 rings (SSSR count). The Kier molecular flexibility index (Phi) is 3.95. The third-order valence-corrected chi connectivity index (χ3v) is 4.04. The van der Waals surface area contributed by atoms with Crippen LogP contribution in [0.4, 0.5) is 4.39 Å². The molecule has 0 bridgehead atoms. The lowest BCUT2D eigenvalue weighted by Crippen LogP contribution is -2.45. The number of nitrogens with one attached hydrogen (secondary N) is 1. The number of hydrogen-bond donors (Lipinski definition) is 1. The largest absolute Gasteiger partial charge is 0.379 e. The van der Waals surface area contributed by atoms with Crippen LogP contribution in [0.5, 0.6) is 0 Å². The molecule has 1 N–H and O–H groups in total. The average Bonchev–Trinajstić information content (AvgIpc) is 2.76. The van der Waals surface area contributed by atoms with Crippen molar-refractivity contribution in [1.29, 1.82) is 0 Å². The number of aryl methyl sites for hydroxylation is 1. The number of para-hydroxylation sites is 1. The van der Waals surface area contributed by atoms with Crippen molar-refractivity contribution in [3.05, 3.63) is 30.0 Å². The normalized spacial score (nSPS) is 22.3. The number of alkyl halides is 1. The quantitative estimate of drug-likeness (QED) is 0.939. The monoisotopic (exact) mass is 291 g/mol. The first-order valence-electron chi connectivity index (χ1n) is 7.46. The van der Waals surface area contributed by atoms with Crippen LogP contribution in [0.15, 0.2) is 24.3 Å². The number of nitrogens with zero attached hydrogens (tertiary/aromatic N) is 2. The summed E-state index contributed by atoms with van der Waals surface area (Å²) in [7, 11) is 1.90. The smallest absolute Gasteiger partial charge is 0.115 e. The number of ether oxygens (including phenoxy) is 1. The molecule has 1 aliphatic heterocycles. The summed E-state index contributed by atoms with van der Waals surface area (Å²) in [4.78, 5) is 0. The molecule has 2 heterocycles. The maximum atomic E-state index is 15.0. The van der Waals surface area contributed by atoms with Gasteiger partial charge in [0.2, 0.25) is 0 Å². The van der Waals surface area contributed by atoms with E-state index in [4.69, 9.17) is 4.74 Å². The van der Waals surface area contributed by atoms with E-state index in [-0.39, 0.29) is 6.04 Å². The van der Waals surface area contributed by atoms with Crippen LogP contribution in [-0.4, -0.2) is 41.2 Å². The lowest BCUT2D eigenvalue weighted by Gasteiger charge is -2.29. The number of benzene rings is 1. The van der Waals surface area contributed by atoms with Gasteiger partial charge in [0.05, 0.1) is 24.4 Å². The van der Waals surface area contributed by atoms with Crippen LogP contribution in [0, 0.1) is 0 Å². The molecule has 1 fully saturated rings. The van der Waals surface area contributed by atoms with E-state index in [1.165, 1.54) is 0 Å². The minimum absolute atomic E-state index is 0.0868. The SMILES string of the molecule is Cn1nc(CC(C)(F)CC2COCCN2)c2ccccc21. The lowest BCUT2D eigenvalue weighted by atomic mass is 9.92. The van der Waals surface area contributed by atoms with E-state index in [1.54, 1.807) is 6.92 Å². The number of hydrogen-bond acceptors (Lipinski definition) is 3. The van der Waals surface area contributed by atoms with Gasteiger partial charge in [0.15, 0.2) is 0 Å². The summed E-state index contributed by atoms with van der Waals surface area (Å²) in [6.45, 7) is 3.76. The van der Waals surface area contributed by atoms with Gasteiger partial charge in [0.1, 0.15) is 5.67 Å². The number of halogens is 1. The van der Waals surface area contributed by atoms with E-state index in [9.17, 15) is 4.39 Å². The summed E-state index contributed by atoms with van der Waals surface area (Å²) >= 11 is 0. The summed E-state index contributed by atoms with van der Waals surface area (Å²) in [6.07, 6.45) is 0.768. The minimum atomic E-state index is -1.30. The van der Waals surface area contributed by atoms with Gasteiger partial charge in [0.25, 0.3) is 0 Å². The molecule has 1 saturated heterocycles. The third-order valence-electron chi connectivity index (χ3n) is 4.04. The van der Waals surface area contributed by atoms with Gasteiger partial charge < -0.3 is 10.1 Å². The van der Waals surface area contributed by atoms with Crippen LogP contribution in [0.2, 0.25) is 0 Å². The maximum Gasteiger partial charge on any atom is 0.115 e. The van der Waals surface area contributed by atoms with Crippen LogP contribution < -0.4 is 5.32 Å². The predicted octanol–water partition coefficient (Wildman–Crippen LogP) is 2.22. The molecule has 0 aliphatic carbocycles. The van der Waals surface area contributed by atoms with Crippen molar-refractivity contribution in [2.24, 2.45) is 7.05 Å². The molecule has 2 unspecified atom stereocenters. The first-order chi connectivity index (χ1) is 10.1. The Hall–Kier alpha value is -1.46. The van der Waals surface area contributed by atoms with Gasteiger partial charge in [-0.15, -0.1) is 0 Å². The molecule has 2 atom stereocenters. The van der Waals surface area contributed by atoms with Crippen molar-refractivity contribution >= 4 is 10.9 Å². The third kappa shape index (κ3) is 3.24. The van der Waals surface area contributed by atoms with E-state index in [0.29, 0.717) is 26.1 Å². The average molecular weight is 291 g/mol. The highest BCUT2D eigenvalue weighted by Gasteiger charge is 2.31. The van der Waals surface area contributed by atoms with E-state index in [2.05, 4.69) is 10.4 Å². The molecule has 114 valence electrons. The molecule has 1 aromatic heterocycles. The predicted molar refractivity (Wildman–Crippen MR) is 81.2 cm³/mol. The van der Waals surface area contributed by atoms with Crippen LogP contribution >= 0.6 is 0 Å². The number of fused-ring (bicyclic) bond motifs is 1. The zero-order chi connectivity index (χ0) is 14.9. The second kappa shape index (κ2) is 5.73. The molecule has 0 spiro atoms. The molecule has 1 aromatic carbocycles. The molecule has 0 saturated carbocycles. The molecule has 5 heteroatoms. The van der Waals surface area contributed by atoms with Crippen LogP contribution in [-0.2, 0) is 18.2 Å². The Morgan fingerprint density at radius 2 is 2.29 bits per heavy atom. The fourth-order valence-corrected chi connectivity index (χ4v) is 3.11. The summed E-state index contributed by atoms with van der Waals surface area (Å²) < 4.78 is 22.2. The Morgan fingerprint density at radius 3 is 3.05 bits per heavy atom. The Balaban J connectivity index is 1.77. The van der Waals surface area contributed by atoms with Crippen molar-refractivity contribution < 1.29 is 9.13 Å². The molecule has 4 nitrogen and oxygen atoms in total. The summed E-state index contributed by atoms with van der Waals surface area (Å²) in [5.41, 5.74) is 0.576. The van der Waals surface area contributed by atoms with Gasteiger partial charge in [-0.05, 0) is 19.4 Å². The fourth-order valence-electron chi connectivity index (χ4n) is 3.11. The summed E-state index contributed by atoms with van der Waals surface area (Å²) in [5, 5.41) is 8.84. The number of rotatable bonds is 4. The number of morpholine rings is 1. The molecule has 0 amide bonds. The first kappa shape index (κ1) is 14.5. The van der Waals surface area contributed by atoms with Crippen molar-refractivity contribution in [2.45, 2.75) is 31.5 Å². The molecule has 21 heavy (non-hydrogen) atoms. The van der Waals surface area contributed by atoms with Crippen LogP contribution in [0.1, 0.15) is 19.0 Å². The van der Waals surface area contributed by atoms with Crippen LogP contribution in [0.3, 0.4) is 0 Å². The van der Waals surface area contributed by atoms with Crippen molar-refractivity contribution in [3.63, 3.8) is 0 Å². The van der Waals surface area contributed by atoms with Gasteiger partial charge in [-0.25, -0.2) is 4.39 Å². The highest BCUT2D eigenvalue weighted by atomic mass is 19.1. The Labute approximate surface area is 124 Å². The second-order valence-corrected chi connectivity index (χ2v) is 6.11. The maximum absolute atomic E-state index is 15.0. The van der Waals surface area contributed by atoms with E-state index in [0.717, 1.165) is 23.1 Å². The molecular formula is C16H22FN3O. The highest BCUT2D eigenvalue weighted by Crippen LogP contribution is 2.27. The van der Waals surface area contributed by atoms with Gasteiger partial charge in [0, 0.05) is 31.4 Å². The zero-order valence-corrected chi connectivity index (χ0v) is 12.6. The lowest BCUT2D eigenvalue weighted by molar-refractivity contribution is 0.0481. The van der Waals surface area contributed by atoms with Crippen molar-refractivity contribution in [2.75, 3.05) is 19.8 Å². The van der Waals surface area contributed by atoms with Crippen LogP contribution in [0.25, 0.3) is 10.9 Å². The zero-order valence-electron chi connectivity index (χ0n) is 12.6. The van der Waals surface area contributed by atoms with E-state index >= 15 is 0 Å². The number of aromatic nitrogens is 2. The Bertz CT molecular complexity index is 617. The van der Waals surface area contributed by atoms with Crippen molar-refractivity contribution in [3.8, 4) is 0 Å². The van der Waals surface area contributed by atoms with Crippen molar-refractivity contribution in [1.82, 2.24) is 15.1 Å². The minimum Gasteiger partial charge on any atom is -0.379 e. The van der Waals surface area contributed by atoms with E-state index in [1.807, 2.05) is 36.0 Å². The van der Waals surface area contributed by atoms with Gasteiger partial charge in [-0.1, -0.05) is 18.2 Å². The summed E-state index contributed by atoms with van der Waals surface area (Å²) in [6, 6.07) is 8.06. The standard InChI is InChI=1S/C16H22FN3O/c1-16(17,9-12-11-21-8-7-18-12)10-14-13-5-3-4-6-15(13)20(2)19-14/h3-6,12,18H,7-11H2,1-2H3. The molecule has 1 aliphatic rings. The fraction of sp³-hybridized carbons (Fsp3) is 0.562. The molecule has 0 radical (unpaired) electrons. The summed E-state index contributed by atoms with van der Waals surface area (Å²) in [5.74, 6) is 0. The Morgan fingerprint density at radius 1 is 1.48 bits per heavy atom. The van der Waals surface area contributed by atoms with Gasteiger partial charge in [-0.3, -0.25) is 4.68 Å². The molecule has 2 aromatic rings. The van der Waals surface area contributed by atoms with Gasteiger partial charge in [-0.2, -0.15) is 5.10 Å². The first-order valence-corrected chi connectivity index (χ1v) is 7.46.